The van der Waals surface area contributed by atoms with E-state index in [2.05, 4.69) is 43.5 Å². The molecule has 1 heterocycles. The van der Waals surface area contributed by atoms with Gasteiger partial charge >= 0.3 is 0 Å². The molecule has 0 amide bonds. The van der Waals surface area contributed by atoms with Crippen molar-refractivity contribution in [1.82, 2.24) is 10.7 Å². The highest BCUT2D eigenvalue weighted by Crippen LogP contribution is 2.16. The number of nitrogens with one attached hydrogen (secondary N) is 2. The van der Waals surface area contributed by atoms with Gasteiger partial charge < -0.3 is 5.32 Å². The summed E-state index contributed by atoms with van der Waals surface area (Å²) in [5.74, 6) is 1.06. The lowest BCUT2D eigenvalue weighted by molar-refractivity contribution is 0.512. The third-order valence-corrected chi connectivity index (χ3v) is 1.76. The molecule has 0 aromatic carbocycles. The van der Waals surface area contributed by atoms with Crippen molar-refractivity contribution in [3.63, 3.8) is 0 Å². The Hall–Kier alpha value is -0.730. The Bertz CT molecular complexity index is 167. The Labute approximate surface area is 68.3 Å². The molecule has 64 valence electrons. The number of hydrazone groups is 1. The van der Waals surface area contributed by atoms with Crippen LogP contribution in [0.1, 0.15) is 34.1 Å². The van der Waals surface area contributed by atoms with E-state index >= 15 is 0 Å². The molecule has 1 unspecified atom stereocenters. The second-order valence-corrected chi connectivity index (χ2v) is 3.94. The maximum Gasteiger partial charge on any atom is 0.129 e. The molecule has 3 heteroatoms. The molecule has 3 nitrogen and oxygen atoms in total. The molecule has 1 rings (SSSR count). The monoisotopic (exact) mass is 155 g/mol. The van der Waals surface area contributed by atoms with Crippen molar-refractivity contribution in [3.05, 3.63) is 0 Å². The molecule has 0 spiro atoms. The Balaban J connectivity index is 2.53. The maximum atomic E-state index is 4.21. The fourth-order valence-electron chi connectivity index (χ4n) is 0.950. The zero-order chi connectivity index (χ0) is 8.48. The van der Waals surface area contributed by atoms with Crippen LogP contribution in [-0.4, -0.2) is 12.0 Å². The van der Waals surface area contributed by atoms with E-state index in [4.69, 9.17) is 0 Å². The Morgan fingerprint density at radius 1 is 1.45 bits per heavy atom. The second-order valence-electron chi connectivity index (χ2n) is 3.94. The summed E-state index contributed by atoms with van der Waals surface area (Å²) in [5.41, 5.74) is 3.18. The molecule has 1 atom stereocenters. The fraction of sp³-hybridized carbons (Fsp3) is 0.875. The van der Waals surface area contributed by atoms with Gasteiger partial charge in [-0.15, -0.1) is 0 Å². The maximum absolute atomic E-state index is 4.21. The van der Waals surface area contributed by atoms with Crippen LogP contribution < -0.4 is 10.7 Å². The molecule has 0 radical (unpaired) electrons. The minimum Gasteiger partial charge on any atom is -0.351 e. The highest BCUT2D eigenvalue weighted by Gasteiger charge is 2.25. The molecule has 0 saturated carbocycles. The summed E-state index contributed by atoms with van der Waals surface area (Å²) < 4.78 is 0. The third kappa shape index (κ3) is 1.85. The first-order valence-corrected chi connectivity index (χ1v) is 4.14. The summed E-state index contributed by atoms with van der Waals surface area (Å²) in [6, 6.07) is 0. The molecule has 11 heavy (non-hydrogen) atoms. The molecular formula is C8H17N3. The Kier molecular flexibility index (Phi) is 2.07. The average molecular weight is 155 g/mol. The molecule has 1 aliphatic rings. The standard InChI is InChI=1S/C8H17N3/c1-5-6-9-7(11-10-6)8(2,3)4/h6,10H,5H2,1-4H3,(H,9,11). The zero-order valence-corrected chi connectivity index (χ0v) is 7.73. The Morgan fingerprint density at radius 3 is 2.36 bits per heavy atom. The fourth-order valence-corrected chi connectivity index (χ4v) is 0.950. The molecule has 0 saturated heterocycles. The van der Waals surface area contributed by atoms with Crippen LogP contribution >= 0.6 is 0 Å². The van der Waals surface area contributed by atoms with Crippen LogP contribution in [0, 0.1) is 5.41 Å². The van der Waals surface area contributed by atoms with Crippen LogP contribution in [0.4, 0.5) is 0 Å². The van der Waals surface area contributed by atoms with Gasteiger partial charge in [0.1, 0.15) is 12.0 Å². The van der Waals surface area contributed by atoms with Gasteiger partial charge in [-0.05, 0) is 6.42 Å². The van der Waals surface area contributed by atoms with Gasteiger partial charge in [-0.25, -0.2) is 0 Å². The van der Waals surface area contributed by atoms with Gasteiger partial charge in [0.15, 0.2) is 0 Å². The van der Waals surface area contributed by atoms with E-state index in [-0.39, 0.29) is 5.41 Å². The zero-order valence-electron chi connectivity index (χ0n) is 7.73. The van der Waals surface area contributed by atoms with Crippen LogP contribution in [0.15, 0.2) is 5.10 Å². The SMILES string of the molecule is CCC1NN=C(C(C)(C)C)N1. The third-order valence-electron chi connectivity index (χ3n) is 1.76. The van der Waals surface area contributed by atoms with E-state index in [1.54, 1.807) is 0 Å². The quantitative estimate of drug-likeness (QED) is 0.598. The van der Waals surface area contributed by atoms with Crippen molar-refractivity contribution in [3.8, 4) is 0 Å². The number of rotatable bonds is 1. The van der Waals surface area contributed by atoms with Crippen LogP contribution in [0.2, 0.25) is 0 Å². The molecule has 2 N–H and O–H groups in total. The molecular weight excluding hydrogens is 138 g/mol. The highest BCUT2D eigenvalue weighted by atomic mass is 15.5. The van der Waals surface area contributed by atoms with Crippen LogP contribution in [-0.2, 0) is 0 Å². The minimum absolute atomic E-state index is 0.136. The van der Waals surface area contributed by atoms with E-state index in [1.165, 1.54) is 0 Å². The first kappa shape index (κ1) is 8.37. The molecule has 0 bridgehead atoms. The molecule has 0 fully saturated rings. The lowest BCUT2D eigenvalue weighted by Gasteiger charge is -2.19. The summed E-state index contributed by atoms with van der Waals surface area (Å²) in [5, 5.41) is 7.53. The average Bonchev–Trinajstić information content (AvgIpc) is 2.32. The van der Waals surface area contributed by atoms with Crippen molar-refractivity contribution in [2.24, 2.45) is 10.5 Å². The lowest BCUT2D eigenvalue weighted by atomic mass is 9.95. The van der Waals surface area contributed by atoms with E-state index < -0.39 is 0 Å². The smallest absolute Gasteiger partial charge is 0.129 e. The van der Waals surface area contributed by atoms with Crippen LogP contribution in [0.3, 0.4) is 0 Å². The molecule has 0 aliphatic carbocycles. The Morgan fingerprint density at radius 2 is 2.09 bits per heavy atom. The largest absolute Gasteiger partial charge is 0.351 e. The first-order valence-electron chi connectivity index (χ1n) is 4.14. The van der Waals surface area contributed by atoms with E-state index in [0.717, 1.165) is 12.3 Å². The first-order chi connectivity index (χ1) is 5.04. The summed E-state index contributed by atoms with van der Waals surface area (Å²) in [6.45, 7) is 8.58. The van der Waals surface area contributed by atoms with Gasteiger partial charge in [0.25, 0.3) is 0 Å². The number of hydrogen-bond donors (Lipinski definition) is 2. The van der Waals surface area contributed by atoms with E-state index in [1.807, 2.05) is 0 Å². The van der Waals surface area contributed by atoms with Crippen LogP contribution in [0.25, 0.3) is 0 Å². The van der Waals surface area contributed by atoms with E-state index in [0.29, 0.717) is 6.17 Å². The number of amidine groups is 1. The predicted molar refractivity (Wildman–Crippen MR) is 47.2 cm³/mol. The van der Waals surface area contributed by atoms with Crippen molar-refractivity contribution >= 4 is 5.84 Å². The number of nitrogens with zero attached hydrogens (tertiary/aromatic N) is 1. The van der Waals surface area contributed by atoms with Gasteiger partial charge in [-0.3, -0.25) is 5.43 Å². The predicted octanol–water partition coefficient (Wildman–Crippen LogP) is 1.27. The van der Waals surface area contributed by atoms with Crippen molar-refractivity contribution in [2.45, 2.75) is 40.3 Å². The van der Waals surface area contributed by atoms with Gasteiger partial charge in [-0.2, -0.15) is 5.10 Å². The second kappa shape index (κ2) is 2.72. The van der Waals surface area contributed by atoms with Gasteiger partial charge in [0, 0.05) is 5.41 Å². The lowest BCUT2D eigenvalue weighted by Crippen LogP contribution is -2.39. The number of hydrogen-bond acceptors (Lipinski definition) is 3. The van der Waals surface area contributed by atoms with Crippen LogP contribution in [0.5, 0.6) is 0 Å². The van der Waals surface area contributed by atoms with Gasteiger partial charge in [0.05, 0.1) is 0 Å². The van der Waals surface area contributed by atoms with Gasteiger partial charge in [-0.1, -0.05) is 27.7 Å². The summed E-state index contributed by atoms with van der Waals surface area (Å²) in [7, 11) is 0. The summed E-state index contributed by atoms with van der Waals surface area (Å²) >= 11 is 0. The molecule has 0 aromatic rings. The summed E-state index contributed by atoms with van der Waals surface area (Å²) in [6.07, 6.45) is 1.40. The molecule has 1 aliphatic heterocycles. The minimum atomic E-state index is 0.136. The van der Waals surface area contributed by atoms with Crippen molar-refractivity contribution in [1.29, 1.82) is 0 Å². The summed E-state index contributed by atoms with van der Waals surface area (Å²) in [4.78, 5) is 0. The van der Waals surface area contributed by atoms with Crippen molar-refractivity contribution in [2.75, 3.05) is 0 Å². The molecule has 0 aromatic heterocycles. The van der Waals surface area contributed by atoms with Gasteiger partial charge in [0.2, 0.25) is 0 Å². The van der Waals surface area contributed by atoms with Crippen molar-refractivity contribution < 1.29 is 0 Å². The topological polar surface area (TPSA) is 36.4 Å². The highest BCUT2D eigenvalue weighted by molar-refractivity contribution is 5.88. The van der Waals surface area contributed by atoms with E-state index in [9.17, 15) is 0 Å². The normalized spacial score (nSPS) is 24.0.